The first-order valence-electron chi connectivity index (χ1n) is 10.4. The van der Waals surface area contributed by atoms with E-state index in [1.54, 1.807) is 11.2 Å². The Morgan fingerprint density at radius 1 is 0.867 bits per heavy atom. The zero-order valence-electron chi connectivity index (χ0n) is 16.9. The van der Waals surface area contributed by atoms with Crippen LogP contribution in [0.2, 0.25) is 0 Å². The maximum absolute atomic E-state index is 13.4. The van der Waals surface area contributed by atoms with Crippen LogP contribution in [0.3, 0.4) is 0 Å². The molecular formula is C26H23NO3. The Morgan fingerprint density at radius 2 is 1.63 bits per heavy atom. The number of carbonyl (C=O) groups excluding carboxylic acids is 2. The molecule has 0 radical (unpaired) electrons. The lowest BCUT2D eigenvalue weighted by molar-refractivity contribution is -0.120. The van der Waals surface area contributed by atoms with Gasteiger partial charge in [0.05, 0.1) is 17.9 Å². The van der Waals surface area contributed by atoms with Crippen LogP contribution in [0.25, 0.3) is 0 Å². The molecule has 0 spiro atoms. The van der Waals surface area contributed by atoms with Crippen molar-refractivity contribution in [2.24, 2.45) is 0 Å². The van der Waals surface area contributed by atoms with Gasteiger partial charge in [-0.05, 0) is 48.6 Å². The summed E-state index contributed by atoms with van der Waals surface area (Å²) in [5, 5.41) is 0. The molecule has 0 saturated carbocycles. The number of amides is 1. The molecule has 0 bridgehead atoms. The van der Waals surface area contributed by atoms with Crippen molar-refractivity contribution in [1.29, 1.82) is 0 Å². The van der Waals surface area contributed by atoms with Gasteiger partial charge in [0.1, 0.15) is 5.76 Å². The minimum absolute atomic E-state index is 0.00552. The summed E-state index contributed by atoms with van der Waals surface area (Å²) in [6.07, 6.45) is 2.95. The molecule has 3 aromatic rings. The van der Waals surface area contributed by atoms with Crippen LogP contribution in [0.4, 0.5) is 5.69 Å². The highest BCUT2D eigenvalue weighted by Gasteiger charge is 2.43. The highest BCUT2D eigenvalue weighted by Crippen LogP contribution is 2.47. The zero-order chi connectivity index (χ0) is 20.7. The molecule has 0 N–H and O–H groups in total. The van der Waals surface area contributed by atoms with E-state index in [4.69, 9.17) is 4.42 Å². The number of anilines is 1. The molecule has 1 aromatic heterocycles. The summed E-state index contributed by atoms with van der Waals surface area (Å²) < 4.78 is 5.64. The van der Waals surface area contributed by atoms with Gasteiger partial charge < -0.3 is 4.42 Å². The first kappa shape index (κ1) is 18.6. The summed E-state index contributed by atoms with van der Waals surface area (Å²) in [6, 6.07) is 21.7. The Kier molecular flexibility index (Phi) is 4.62. The number of nitrogens with zero attached hydrogens (tertiary/aromatic N) is 1. The van der Waals surface area contributed by atoms with Crippen molar-refractivity contribution >= 4 is 17.4 Å². The van der Waals surface area contributed by atoms with Crippen molar-refractivity contribution in [2.75, 3.05) is 4.90 Å². The maximum Gasteiger partial charge on any atom is 0.232 e. The molecule has 30 heavy (non-hydrogen) atoms. The normalized spacial score (nSPS) is 21.7. The third-order valence-corrected chi connectivity index (χ3v) is 6.24. The van der Waals surface area contributed by atoms with Crippen molar-refractivity contribution in [2.45, 2.75) is 38.0 Å². The fourth-order valence-corrected chi connectivity index (χ4v) is 4.82. The lowest BCUT2D eigenvalue weighted by Gasteiger charge is -2.40. The lowest BCUT2D eigenvalue weighted by atomic mass is 9.74. The van der Waals surface area contributed by atoms with Gasteiger partial charge in [0.2, 0.25) is 5.91 Å². The summed E-state index contributed by atoms with van der Waals surface area (Å²) in [5.41, 5.74) is 4.57. The molecule has 4 heteroatoms. The van der Waals surface area contributed by atoms with Crippen molar-refractivity contribution < 1.29 is 14.0 Å². The van der Waals surface area contributed by atoms with E-state index in [2.05, 4.69) is 12.1 Å². The second-order valence-corrected chi connectivity index (χ2v) is 8.09. The first-order valence-corrected chi connectivity index (χ1v) is 10.4. The highest BCUT2D eigenvalue weighted by atomic mass is 16.3. The van der Waals surface area contributed by atoms with Crippen LogP contribution in [0.1, 0.15) is 48.0 Å². The number of para-hydroxylation sites is 1. The predicted molar refractivity (Wildman–Crippen MR) is 115 cm³/mol. The van der Waals surface area contributed by atoms with Crippen molar-refractivity contribution in [3.05, 3.63) is 101 Å². The number of benzene rings is 2. The van der Waals surface area contributed by atoms with Gasteiger partial charge in [0.25, 0.3) is 0 Å². The molecule has 0 fully saturated rings. The van der Waals surface area contributed by atoms with Gasteiger partial charge in [0, 0.05) is 24.1 Å². The Bertz CT molecular complexity index is 1130. The number of hydrogen-bond acceptors (Lipinski definition) is 3. The molecule has 2 aromatic carbocycles. The molecule has 4 nitrogen and oxygen atoms in total. The van der Waals surface area contributed by atoms with E-state index in [9.17, 15) is 9.59 Å². The van der Waals surface area contributed by atoms with Crippen LogP contribution in [0, 0.1) is 6.92 Å². The van der Waals surface area contributed by atoms with E-state index >= 15 is 0 Å². The largest absolute Gasteiger partial charge is 0.469 e. The number of ketones is 1. The van der Waals surface area contributed by atoms with E-state index < -0.39 is 0 Å². The molecule has 1 aliphatic carbocycles. The standard InChI is InChI=1S/C26H23NO3/c1-17-8-5-6-11-21(17)27-22-14-19(18-9-3-2-4-10-18)15-23(28)26(22)20(16-25(27)29)24-12-7-13-30-24/h2-13,19-20H,14-16H2,1H3. The van der Waals surface area contributed by atoms with E-state index in [1.807, 2.05) is 61.5 Å². The number of furan rings is 1. The van der Waals surface area contributed by atoms with Crippen LogP contribution in [-0.4, -0.2) is 11.7 Å². The molecule has 2 heterocycles. The topological polar surface area (TPSA) is 50.5 Å². The third kappa shape index (κ3) is 3.09. The van der Waals surface area contributed by atoms with Crippen molar-refractivity contribution in [3.8, 4) is 0 Å². The molecule has 1 aliphatic heterocycles. The highest BCUT2D eigenvalue weighted by molar-refractivity contribution is 6.08. The van der Waals surface area contributed by atoms with E-state index in [1.165, 1.54) is 0 Å². The van der Waals surface area contributed by atoms with E-state index in [0.717, 1.165) is 28.1 Å². The van der Waals surface area contributed by atoms with Crippen LogP contribution < -0.4 is 4.90 Å². The lowest BCUT2D eigenvalue weighted by Crippen LogP contribution is -2.42. The molecule has 5 rings (SSSR count). The summed E-state index contributed by atoms with van der Waals surface area (Å²) in [4.78, 5) is 28.6. The summed E-state index contributed by atoms with van der Waals surface area (Å²) >= 11 is 0. The van der Waals surface area contributed by atoms with Crippen molar-refractivity contribution in [1.82, 2.24) is 0 Å². The Labute approximate surface area is 175 Å². The fraction of sp³-hybridized carbons (Fsp3) is 0.231. The fourth-order valence-electron chi connectivity index (χ4n) is 4.82. The van der Waals surface area contributed by atoms with Crippen LogP contribution in [0.15, 0.2) is 88.7 Å². The van der Waals surface area contributed by atoms with E-state index in [0.29, 0.717) is 18.6 Å². The minimum Gasteiger partial charge on any atom is -0.469 e. The first-order chi connectivity index (χ1) is 14.6. The molecule has 150 valence electrons. The van der Waals surface area contributed by atoms with Crippen LogP contribution >= 0.6 is 0 Å². The second kappa shape index (κ2) is 7.45. The number of Topliss-reactive ketones (excluding diaryl/α,β-unsaturated/α-hetero) is 1. The minimum atomic E-state index is -0.313. The Balaban J connectivity index is 1.67. The van der Waals surface area contributed by atoms with Gasteiger partial charge in [-0.15, -0.1) is 0 Å². The zero-order valence-corrected chi connectivity index (χ0v) is 16.9. The monoisotopic (exact) mass is 397 g/mol. The van der Waals surface area contributed by atoms with Crippen molar-refractivity contribution in [3.63, 3.8) is 0 Å². The Hall–Kier alpha value is -3.40. The van der Waals surface area contributed by atoms with Gasteiger partial charge in [-0.2, -0.15) is 0 Å². The average molecular weight is 397 g/mol. The van der Waals surface area contributed by atoms with Gasteiger partial charge in [-0.25, -0.2) is 0 Å². The second-order valence-electron chi connectivity index (χ2n) is 8.09. The molecule has 0 saturated heterocycles. The number of aryl methyl sites for hydroxylation is 1. The van der Waals surface area contributed by atoms with Gasteiger partial charge in [-0.3, -0.25) is 14.5 Å². The third-order valence-electron chi connectivity index (χ3n) is 6.24. The molecule has 2 aliphatic rings. The predicted octanol–water partition coefficient (Wildman–Crippen LogP) is 5.51. The van der Waals surface area contributed by atoms with Crippen LogP contribution in [0.5, 0.6) is 0 Å². The summed E-state index contributed by atoms with van der Waals surface area (Å²) in [7, 11) is 0. The number of rotatable bonds is 3. The van der Waals surface area contributed by atoms with Gasteiger partial charge in [-0.1, -0.05) is 48.5 Å². The summed E-state index contributed by atoms with van der Waals surface area (Å²) in [6.45, 7) is 2.00. The smallest absolute Gasteiger partial charge is 0.232 e. The van der Waals surface area contributed by atoms with Crippen LogP contribution in [-0.2, 0) is 9.59 Å². The quantitative estimate of drug-likeness (QED) is 0.586. The number of allylic oxidation sites excluding steroid dienone is 2. The summed E-state index contributed by atoms with van der Waals surface area (Å²) in [5.74, 6) is 0.550. The SMILES string of the molecule is Cc1ccccc1N1C(=O)CC(c2ccco2)C2=C1CC(c1ccccc1)CC2=O. The van der Waals surface area contributed by atoms with Gasteiger partial charge >= 0.3 is 0 Å². The molecule has 1 amide bonds. The van der Waals surface area contributed by atoms with Gasteiger partial charge in [0.15, 0.2) is 5.78 Å². The number of carbonyl (C=O) groups is 2. The molecular weight excluding hydrogens is 374 g/mol. The molecule has 2 atom stereocenters. The average Bonchev–Trinajstić information content (AvgIpc) is 3.29. The molecule has 2 unspecified atom stereocenters. The Morgan fingerprint density at radius 3 is 2.37 bits per heavy atom. The number of hydrogen-bond donors (Lipinski definition) is 0. The van der Waals surface area contributed by atoms with E-state index in [-0.39, 0.29) is 29.9 Å². The maximum atomic E-state index is 13.4.